The number of benzene rings is 1. The zero-order valence-corrected chi connectivity index (χ0v) is 14.7. The maximum absolute atomic E-state index is 12.3. The van der Waals surface area contributed by atoms with Gasteiger partial charge in [0.1, 0.15) is 5.75 Å². The van der Waals surface area contributed by atoms with Crippen molar-refractivity contribution in [3.63, 3.8) is 0 Å². The average molecular weight is 381 g/mol. The Morgan fingerprint density at radius 3 is 2.52 bits per heavy atom. The van der Waals surface area contributed by atoms with Crippen molar-refractivity contribution < 1.29 is 22.7 Å². The Morgan fingerprint density at radius 1 is 1.24 bits per heavy atom. The summed E-state index contributed by atoms with van der Waals surface area (Å²) in [6, 6.07) is 5.97. The quantitative estimate of drug-likeness (QED) is 0.773. The number of halogens is 4. The van der Waals surface area contributed by atoms with Gasteiger partial charge in [0.25, 0.3) is 0 Å². The van der Waals surface area contributed by atoms with Gasteiger partial charge in [-0.25, -0.2) is 0 Å². The molecule has 0 saturated heterocycles. The lowest BCUT2D eigenvalue weighted by Gasteiger charge is -2.35. The van der Waals surface area contributed by atoms with Gasteiger partial charge in [0.15, 0.2) is 6.61 Å². The molecule has 25 heavy (non-hydrogen) atoms. The first-order chi connectivity index (χ1) is 11.3. The molecule has 0 aromatic heterocycles. The molecule has 0 bridgehead atoms. The minimum absolute atomic E-state index is 0. The number of hydrogen-bond donors (Lipinski definition) is 2. The summed E-state index contributed by atoms with van der Waals surface area (Å²) >= 11 is 0. The van der Waals surface area contributed by atoms with Crippen LogP contribution < -0.4 is 15.8 Å². The number of amides is 1. The molecule has 0 radical (unpaired) electrons. The van der Waals surface area contributed by atoms with Crippen LogP contribution in [0.2, 0.25) is 0 Å². The standard InChI is InChI=1S/C17H23F3N2O2.ClH/c18-17(19,20)12-24-14-6-4-5-13(9-14)22-15(23)10-16(11-21)7-2-1-3-8-16;/h4-6,9H,1-3,7-8,10-12,21H2,(H,22,23);1H. The number of anilines is 1. The topological polar surface area (TPSA) is 64.4 Å². The van der Waals surface area contributed by atoms with Crippen LogP contribution in [0.4, 0.5) is 18.9 Å². The summed E-state index contributed by atoms with van der Waals surface area (Å²) in [5, 5.41) is 2.73. The zero-order chi connectivity index (χ0) is 17.6. The Labute approximate surface area is 151 Å². The molecule has 0 heterocycles. The third-order valence-corrected chi connectivity index (χ3v) is 4.40. The van der Waals surface area contributed by atoms with Gasteiger partial charge in [0.05, 0.1) is 0 Å². The summed E-state index contributed by atoms with van der Waals surface area (Å²) in [4.78, 5) is 12.3. The van der Waals surface area contributed by atoms with Crippen LogP contribution in [0.25, 0.3) is 0 Å². The Bertz CT molecular complexity index is 561. The summed E-state index contributed by atoms with van der Waals surface area (Å²) < 4.78 is 41.2. The van der Waals surface area contributed by atoms with Crippen molar-refractivity contribution in [3.8, 4) is 5.75 Å². The molecule has 3 N–H and O–H groups in total. The minimum Gasteiger partial charge on any atom is -0.484 e. The molecule has 8 heteroatoms. The largest absolute Gasteiger partial charge is 0.484 e. The predicted molar refractivity (Wildman–Crippen MR) is 93.1 cm³/mol. The SMILES string of the molecule is Cl.NCC1(CC(=O)Nc2cccc(OCC(F)(F)F)c2)CCCCC1. The van der Waals surface area contributed by atoms with Crippen molar-refractivity contribution in [1.82, 2.24) is 0 Å². The van der Waals surface area contributed by atoms with Crippen molar-refractivity contribution in [2.45, 2.75) is 44.7 Å². The van der Waals surface area contributed by atoms with E-state index >= 15 is 0 Å². The van der Waals surface area contributed by atoms with E-state index in [0.717, 1.165) is 25.7 Å². The second kappa shape index (κ2) is 9.29. The number of nitrogens with one attached hydrogen (secondary N) is 1. The summed E-state index contributed by atoms with van der Waals surface area (Å²) in [6.07, 6.45) is 1.13. The van der Waals surface area contributed by atoms with Crippen LogP contribution in [0.3, 0.4) is 0 Å². The molecule has 1 amide bonds. The van der Waals surface area contributed by atoms with Crippen LogP contribution in [-0.4, -0.2) is 25.2 Å². The first-order valence-electron chi connectivity index (χ1n) is 8.11. The number of ether oxygens (including phenoxy) is 1. The number of rotatable bonds is 6. The van der Waals surface area contributed by atoms with Gasteiger partial charge in [-0.2, -0.15) is 13.2 Å². The van der Waals surface area contributed by atoms with Crippen molar-refractivity contribution in [3.05, 3.63) is 24.3 Å². The summed E-state index contributed by atoms with van der Waals surface area (Å²) in [5.74, 6) is -0.105. The molecule has 2 rings (SSSR count). The molecule has 1 aromatic rings. The van der Waals surface area contributed by atoms with E-state index in [1.807, 2.05) is 0 Å². The number of carbonyl (C=O) groups excluding carboxylic acids is 1. The van der Waals surface area contributed by atoms with Crippen molar-refractivity contribution >= 4 is 24.0 Å². The zero-order valence-electron chi connectivity index (χ0n) is 13.9. The first kappa shape index (κ1) is 21.6. The Morgan fingerprint density at radius 2 is 1.92 bits per heavy atom. The summed E-state index contributed by atoms with van der Waals surface area (Å²) in [7, 11) is 0. The summed E-state index contributed by atoms with van der Waals surface area (Å²) in [6.45, 7) is -0.893. The number of hydrogen-bond acceptors (Lipinski definition) is 3. The Hall–Kier alpha value is -1.47. The lowest BCUT2D eigenvalue weighted by Crippen LogP contribution is -2.36. The molecular formula is C17H24ClF3N2O2. The predicted octanol–water partition coefficient (Wildman–Crippen LogP) is 4.29. The number of nitrogens with two attached hydrogens (primary N) is 1. The molecule has 0 aliphatic heterocycles. The maximum Gasteiger partial charge on any atom is 0.422 e. The first-order valence-corrected chi connectivity index (χ1v) is 8.11. The van der Waals surface area contributed by atoms with Gasteiger partial charge in [0, 0.05) is 18.2 Å². The van der Waals surface area contributed by atoms with Crippen molar-refractivity contribution in [2.75, 3.05) is 18.5 Å². The van der Waals surface area contributed by atoms with Crippen molar-refractivity contribution in [2.24, 2.45) is 11.1 Å². The monoisotopic (exact) mass is 380 g/mol. The number of alkyl halides is 3. The van der Waals surface area contributed by atoms with Crippen molar-refractivity contribution in [1.29, 1.82) is 0 Å². The van der Waals surface area contributed by atoms with E-state index in [9.17, 15) is 18.0 Å². The fraction of sp³-hybridized carbons (Fsp3) is 0.588. The summed E-state index contributed by atoms with van der Waals surface area (Å²) in [5.41, 5.74) is 6.14. The van der Waals surface area contributed by atoms with Crippen LogP contribution in [-0.2, 0) is 4.79 Å². The van der Waals surface area contributed by atoms with E-state index < -0.39 is 12.8 Å². The molecule has 1 saturated carbocycles. The van der Waals surface area contributed by atoms with E-state index in [4.69, 9.17) is 5.73 Å². The normalized spacial score (nSPS) is 16.6. The Kier molecular flexibility index (Phi) is 8.02. The van der Waals surface area contributed by atoms with Gasteiger partial charge >= 0.3 is 6.18 Å². The van der Waals surface area contributed by atoms with E-state index in [2.05, 4.69) is 10.1 Å². The maximum atomic E-state index is 12.3. The fourth-order valence-electron chi connectivity index (χ4n) is 3.13. The fourth-order valence-corrected chi connectivity index (χ4v) is 3.13. The van der Waals surface area contributed by atoms with Crippen LogP contribution in [0.15, 0.2) is 24.3 Å². The molecule has 0 spiro atoms. The second-order valence-electron chi connectivity index (χ2n) is 6.42. The highest BCUT2D eigenvalue weighted by molar-refractivity contribution is 5.91. The highest BCUT2D eigenvalue weighted by Gasteiger charge is 2.33. The van der Waals surface area contributed by atoms with E-state index in [1.54, 1.807) is 12.1 Å². The molecule has 0 atom stereocenters. The van der Waals surface area contributed by atoms with Gasteiger partial charge in [0.2, 0.25) is 5.91 Å². The van der Waals surface area contributed by atoms with E-state index in [1.165, 1.54) is 18.6 Å². The third-order valence-electron chi connectivity index (χ3n) is 4.40. The third kappa shape index (κ3) is 7.12. The molecule has 1 fully saturated rings. The molecule has 4 nitrogen and oxygen atoms in total. The second-order valence-corrected chi connectivity index (χ2v) is 6.42. The highest BCUT2D eigenvalue weighted by Crippen LogP contribution is 2.38. The van der Waals surface area contributed by atoms with Crippen LogP contribution in [0.5, 0.6) is 5.75 Å². The molecule has 0 unspecified atom stereocenters. The minimum atomic E-state index is -4.40. The smallest absolute Gasteiger partial charge is 0.422 e. The van der Waals surface area contributed by atoms with Crippen LogP contribution >= 0.6 is 12.4 Å². The van der Waals surface area contributed by atoms with E-state index in [-0.39, 0.29) is 29.5 Å². The average Bonchev–Trinajstić information content (AvgIpc) is 2.53. The molecule has 1 aromatic carbocycles. The molecular weight excluding hydrogens is 357 g/mol. The lowest BCUT2D eigenvalue weighted by atomic mass is 9.71. The lowest BCUT2D eigenvalue weighted by molar-refractivity contribution is -0.153. The van der Waals surface area contributed by atoms with Crippen LogP contribution in [0.1, 0.15) is 38.5 Å². The molecule has 142 valence electrons. The van der Waals surface area contributed by atoms with E-state index in [0.29, 0.717) is 18.7 Å². The van der Waals surface area contributed by atoms with Crippen LogP contribution in [0, 0.1) is 5.41 Å². The van der Waals surface area contributed by atoms with Gasteiger partial charge < -0.3 is 15.8 Å². The Balaban J connectivity index is 0.00000312. The van der Waals surface area contributed by atoms with Gasteiger partial charge in [-0.3, -0.25) is 4.79 Å². The number of carbonyl (C=O) groups is 1. The van der Waals surface area contributed by atoms with Gasteiger partial charge in [-0.05, 0) is 36.9 Å². The van der Waals surface area contributed by atoms with Gasteiger partial charge in [-0.15, -0.1) is 12.4 Å². The molecule has 1 aliphatic carbocycles. The molecule has 1 aliphatic rings. The van der Waals surface area contributed by atoms with Gasteiger partial charge in [-0.1, -0.05) is 25.3 Å². The highest BCUT2D eigenvalue weighted by atomic mass is 35.5.